The Morgan fingerprint density at radius 3 is 2.00 bits per heavy atom. The number of ether oxygens (including phenoxy) is 5. The van der Waals surface area contributed by atoms with Crippen LogP contribution in [0, 0.1) is 11.3 Å². The fourth-order valence-electron chi connectivity index (χ4n) is 7.85. The van der Waals surface area contributed by atoms with Gasteiger partial charge in [0.2, 0.25) is 0 Å². The second-order valence-electron chi connectivity index (χ2n) is 13.1. The molecule has 1 saturated heterocycles. The summed E-state index contributed by atoms with van der Waals surface area (Å²) in [5.74, 6) is -3.90. The lowest BCUT2D eigenvalue weighted by atomic mass is 9.46. The summed E-state index contributed by atoms with van der Waals surface area (Å²) in [7, 11) is 0. The van der Waals surface area contributed by atoms with E-state index in [9.17, 15) is 29.4 Å². The maximum atomic E-state index is 13.7. The Morgan fingerprint density at radius 1 is 0.826 bits per heavy atom. The summed E-state index contributed by atoms with van der Waals surface area (Å²) < 4.78 is 30.3. The van der Waals surface area contributed by atoms with Crippen molar-refractivity contribution < 1.29 is 53.1 Å². The molecule has 1 heterocycles. The average molecular weight is 637 g/mol. The molecule has 3 fully saturated rings. The summed E-state index contributed by atoms with van der Waals surface area (Å²) in [6.45, 7) is 8.57. The van der Waals surface area contributed by atoms with Gasteiger partial charge >= 0.3 is 23.9 Å². The van der Waals surface area contributed by atoms with Crippen LogP contribution in [0.4, 0.5) is 0 Å². The molecule has 11 nitrogen and oxygen atoms in total. The van der Waals surface area contributed by atoms with Crippen molar-refractivity contribution in [2.24, 2.45) is 11.3 Å². The molecule has 3 aliphatic rings. The summed E-state index contributed by atoms with van der Waals surface area (Å²) >= 11 is 0. The monoisotopic (exact) mass is 636 g/mol. The number of fused-ring (bicyclic) bond motifs is 1. The van der Waals surface area contributed by atoms with Crippen molar-refractivity contribution in [3.63, 3.8) is 0 Å². The van der Waals surface area contributed by atoms with E-state index in [-0.39, 0.29) is 12.0 Å². The van der Waals surface area contributed by atoms with Crippen molar-refractivity contribution in [3.8, 4) is 0 Å². The van der Waals surface area contributed by atoms with E-state index >= 15 is 0 Å². The van der Waals surface area contributed by atoms with E-state index < -0.39 is 82.5 Å². The minimum absolute atomic E-state index is 0.0395. The predicted molar refractivity (Wildman–Crippen MR) is 163 cm³/mol. The highest BCUT2D eigenvalue weighted by atomic mass is 16.6. The molecule has 2 aliphatic carbocycles. The molecule has 9 atom stereocenters. The first-order valence-electron chi connectivity index (χ1n) is 15.2. The second-order valence-corrected chi connectivity index (χ2v) is 13.1. The van der Waals surface area contributed by atoms with Crippen LogP contribution in [-0.2, 0) is 38.1 Å². The second kappa shape index (κ2) is 11.9. The zero-order valence-electron chi connectivity index (χ0n) is 26.7. The van der Waals surface area contributed by atoms with Gasteiger partial charge in [-0.25, -0.2) is 9.59 Å². The van der Waals surface area contributed by atoms with E-state index in [1.807, 2.05) is 30.3 Å². The van der Waals surface area contributed by atoms with E-state index in [1.54, 1.807) is 45.0 Å². The SMILES string of the molecule is CC(=O)O[C@H]1[C@H](OC(=O)c2ccccc2)[C@@]2(C)[C@@H](OC(=O)C=Cc3ccccc3)C[C@@H]3[C@@H](O)[C@]2(OC3(C)C)[C@@](C)(O)[C@H]1OC(C)=O. The number of aliphatic hydroxyl groups excluding tert-OH is 1. The van der Waals surface area contributed by atoms with Gasteiger partial charge < -0.3 is 33.9 Å². The highest BCUT2D eigenvalue weighted by Crippen LogP contribution is 2.68. The molecule has 0 aromatic heterocycles. The third-order valence-electron chi connectivity index (χ3n) is 9.85. The number of benzene rings is 2. The third-order valence-corrected chi connectivity index (χ3v) is 9.85. The smallest absolute Gasteiger partial charge is 0.338 e. The summed E-state index contributed by atoms with van der Waals surface area (Å²) in [6, 6.07) is 17.1. The molecule has 1 spiro atoms. The normalized spacial score (nSPS) is 35.9. The molecule has 0 radical (unpaired) electrons. The highest BCUT2D eigenvalue weighted by Gasteiger charge is 2.86. The number of hydrogen-bond acceptors (Lipinski definition) is 11. The van der Waals surface area contributed by atoms with Gasteiger partial charge in [-0.05, 0) is 57.9 Å². The minimum Gasteiger partial charge on any atom is -0.458 e. The molecular weight excluding hydrogens is 596 g/mol. The third kappa shape index (κ3) is 5.30. The molecule has 46 heavy (non-hydrogen) atoms. The maximum Gasteiger partial charge on any atom is 0.338 e. The van der Waals surface area contributed by atoms with Crippen LogP contribution in [0.3, 0.4) is 0 Å². The van der Waals surface area contributed by atoms with Crippen LogP contribution in [0.25, 0.3) is 6.08 Å². The van der Waals surface area contributed by atoms with Crippen LogP contribution in [0.5, 0.6) is 0 Å². The summed E-state index contributed by atoms with van der Waals surface area (Å²) in [6.07, 6.45) is -4.55. The molecule has 1 aliphatic heterocycles. The van der Waals surface area contributed by atoms with Crippen LogP contribution < -0.4 is 0 Å². The van der Waals surface area contributed by atoms with Gasteiger partial charge in [0.25, 0.3) is 0 Å². The molecular formula is C35H40O11. The van der Waals surface area contributed by atoms with Gasteiger partial charge in [0.1, 0.15) is 17.3 Å². The number of carbonyl (C=O) groups excluding carboxylic acids is 4. The molecule has 2 saturated carbocycles. The fraction of sp³-hybridized carbons (Fsp3) is 0.486. The standard InChI is InChI=1S/C35H40O11/c1-20(36)42-27-29(45-31(40)23-15-11-8-12-16-23)33(5)25(44-26(38)18-17-22-13-9-7-10-14-22)19-24-28(39)35(33,46-32(24,3)4)34(6,41)30(27)43-21(2)37/h7-18,24-25,27-30,39,41H,19H2,1-6H3/t24-,25+,27+,28-,29+,30+,33-,34+,35-/m1/s1. The molecule has 2 N–H and O–H groups in total. The number of aliphatic hydroxyl groups is 2. The lowest BCUT2D eigenvalue weighted by molar-refractivity contribution is -0.368. The zero-order valence-corrected chi connectivity index (χ0v) is 26.7. The number of rotatable bonds is 7. The molecule has 0 unspecified atom stereocenters. The number of hydrogen-bond donors (Lipinski definition) is 2. The van der Waals surface area contributed by atoms with E-state index in [0.717, 1.165) is 19.4 Å². The van der Waals surface area contributed by atoms with Gasteiger partial charge in [-0.1, -0.05) is 48.5 Å². The first-order chi connectivity index (χ1) is 21.6. The van der Waals surface area contributed by atoms with Gasteiger partial charge in [0.15, 0.2) is 18.3 Å². The topological polar surface area (TPSA) is 155 Å². The van der Waals surface area contributed by atoms with Crippen molar-refractivity contribution in [1.29, 1.82) is 0 Å². The zero-order chi connectivity index (χ0) is 33.7. The first kappa shape index (κ1) is 33.3. The quantitative estimate of drug-likeness (QED) is 0.261. The summed E-state index contributed by atoms with van der Waals surface area (Å²) in [5, 5.41) is 24.6. The van der Waals surface area contributed by atoms with E-state index in [2.05, 4.69) is 0 Å². The van der Waals surface area contributed by atoms with Crippen LogP contribution in [-0.4, -0.2) is 81.4 Å². The highest BCUT2D eigenvalue weighted by molar-refractivity contribution is 5.89. The maximum absolute atomic E-state index is 13.7. The molecule has 2 bridgehead atoms. The molecule has 2 aromatic carbocycles. The van der Waals surface area contributed by atoms with Gasteiger partial charge in [-0.15, -0.1) is 0 Å². The van der Waals surface area contributed by atoms with Crippen LogP contribution in [0.1, 0.15) is 63.9 Å². The van der Waals surface area contributed by atoms with Crippen molar-refractivity contribution >= 4 is 30.0 Å². The Hall–Kier alpha value is -4.06. The Kier molecular flexibility index (Phi) is 8.65. The Morgan fingerprint density at radius 2 is 1.41 bits per heavy atom. The molecule has 5 rings (SSSR count). The number of esters is 4. The van der Waals surface area contributed by atoms with E-state index in [0.29, 0.717) is 0 Å². The minimum atomic E-state index is -2.28. The average Bonchev–Trinajstić information content (AvgIpc) is 3.16. The van der Waals surface area contributed by atoms with Crippen molar-refractivity contribution in [2.45, 2.75) is 95.3 Å². The van der Waals surface area contributed by atoms with Crippen LogP contribution in [0.15, 0.2) is 66.7 Å². The molecule has 2 aromatic rings. The van der Waals surface area contributed by atoms with E-state index in [1.165, 1.54) is 25.1 Å². The van der Waals surface area contributed by atoms with E-state index in [4.69, 9.17) is 23.7 Å². The Bertz CT molecular complexity index is 1520. The fourth-order valence-corrected chi connectivity index (χ4v) is 7.85. The van der Waals surface area contributed by atoms with Gasteiger partial charge in [0, 0.05) is 25.8 Å². The first-order valence-corrected chi connectivity index (χ1v) is 15.2. The molecule has 0 amide bonds. The summed E-state index contributed by atoms with van der Waals surface area (Å²) in [4.78, 5) is 52.1. The van der Waals surface area contributed by atoms with Crippen molar-refractivity contribution in [2.75, 3.05) is 0 Å². The summed E-state index contributed by atoms with van der Waals surface area (Å²) in [5.41, 5.74) is -6.32. The van der Waals surface area contributed by atoms with Crippen LogP contribution >= 0.6 is 0 Å². The van der Waals surface area contributed by atoms with Crippen molar-refractivity contribution in [3.05, 3.63) is 77.9 Å². The molecule has 246 valence electrons. The lowest BCUT2D eigenvalue weighted by Crippen LogP contribution is -2.85. The Balaban J connectivity index is 1.70. The van der Waals surface area contributed by atoms with Crippen LogP contribution in [0.2, 0.25) is 0 Å². The van der Waals surface area contributed by atoms with Crippen molar-refractivity contribution in [1.82, 2.24) is 0 Å². The van der Waals surface area contributed by atoms with Gasteiger partial charge in [0.05, 0.1) is 22.7 Å². The number of carbonyl (C=O) groups is 4. The van der Waals surface area contributed by atoms with Gasteiger partial charge in [-0.3, -0.25) is 9.59 Å². The van der Waals surface area contributed by atoms with Gasteiger partial charge in [-0.2, -0.15) is 0 Å². The predicted octanol–water partition coefficient (Wildman–Crippen LogP) is 3.40. The Labute approximate surface area is 267 Å². The lowest BCUT2D eigenvalue weighted by Gasteiger charge is -2.66. The largest absolute Gasteiger partial charge is 0.458 e. The molecule has 11 heteroatoms.